The quantitative estimate of drug-likeness (QED) is 0.774. The fraction of sp³-hybridized carbons (Fsp3) is 0.538. The lowest BCUT2D eigenvalue weighted by atomic mass is 10.1. The number of aliphatic hydroxyl groups excluding tert-OH is 1. The van der Waals surface area contributed by atoms with Crippen LogP contribution in [0.5, 0.6) is 5.75 Å². The second-order valence-electron chi connectivity index (χ2n) is 4.09. The van der Waals surface area contributed by atoms with E-state index in [1.165, 1.54) is 0 Å². The van der Waals surface area contributed by atoms with Crippen molar-refractivity contribution in [2.45, 2.75) is 38.9 Å². The van der Waals surface area contributed by atoms with Crippen molar-refractivity contribution in [2.75, 3.05) is 5.88 Å². The van der Waals surface area contributed by atoms with Gasteiger partial charge in [0.1, 0.15) is 5.75 Å². The Labute approximate surface area is 102 Å². The summed E-state index contributed by atoms with van der Waals surface area (Å²) in [7, 11) is 0. The summed E-state index contributed by atoms with van der Waals surface area (Å²) >= 11 is 5.60. The summed E-state index contributed by atoms with van der Waals surface area (Å²) in [6.07, 6.45) is 1.21. The summed E-state index contributed by atoms with van der Waals surface area (Å²) in [4.78, 5) is 0. The zero-order valence-electron chi connectivity index (χ0n) is 9.82. The molecule has 16 heavy (non-hydrogen) atoms. The second kappa shape index (κ2) is 6.77. The molecule has 0 saturated heterocycles. The van der Waals surface area contributed by atoms with E-state index in [1.54, 1.807) is 0 Å². The second-order valence-corrected chi connectivity index (χ2v) is 4.46. The Bertz CT molecular complexity index is 313. The number of hydrogen-bond acceptors (Lipinski definition) is 2. The van der Waals surface area contributed by atoms with Crippen molar-refractivity contribution >= 4 is 11.6 Å². The molecule has 0 heterocycles. The van der Waals surface area contributed by atoms with Crippen LogP contribution in [0.3, 0.4) is 0 Å². The van der Waals surface area contributed by atoms with Gasteiger partial charge in [-0.1, -0.05) is 12.1 Å². The van der Waals surface area contributed by atoms with Crippen molar-refractivity contribution in [2.24, 2.45) is 0 Å². The smallest absolute Gasteiger partial charge is 0.120 e. The first-order valence-electron chi connectivity index (χ1n) is 5.64. The highest BCUT2D eigenvalue weighted by Gasteiger charge is 2.08. The minimum absolute atomic E-state index is 0.148. The van der Waals surface area contributed by atoms with E-state index >= 15 is 0 Å². The number of benzene rings is 1. The lowest BCUT2D eigenvalue weighted by Gasteiger charge is -2.14. The van der Waals surface area contributed by atoms with E-state index in [0.29, 0.717) is 12.3 Å². The van der Waals surface area contributed by atoms with Crippen LogP contribution in [0.25, 0.3) is 0 Å². The Hall–Kier alpha value is -0.730. The predicted molar refractivity (Wildman–Crippen MR) is 67.1 cm³/mol. The summed E-state index contributed by atoms with van der Waals surface area (Å²) in [5.41, 5.74) is 0.892. The van der Waals surface area contributed by atoms with Crippen LogP contribution in [-0.2, 0) is 0 Å². The number of ether oxygens (including phenoxy) is 1. The van der Waals surface area contributed by atoms with E-state index in [4.69, 9.17) is 16.3 Å². The number of rotatable bonds is 6. The van der Waals surface area contributed by atoms with Gasteiger partial charge in [0.2, 0.25) is 0 Å². The largest absolute Gasteiger partial charge is 0.491 e. The molecule has 3 heteroatoms. The third-order valence-corrected chi connectivity index (χ3v) is 2.49. The van der Waals surface area contributed by atoms with E-state index in [2.05, 4.69) is 0 Å². The van der Waals surface area contributed by atoms with Gasteiger partial charge in [0.05, 0.1) is 12.2 Å². The Balaban J connectivity index is 2.65. The highest BCUT2D eigenvalue weighted by Crippen LogP contribution is 2.23. The lowest BCUT2D eigenvalue weighted by molar-refractivity contribution is 0.165. The molecule has 2 nitrogen and oxygen atoms in total. The minimum atomic E-state index is -0.450. The Morgan fingerprint density at radius 3 is 2.75 bits per heavy atom. The van der Waals surface area contributed by atoms with Crippen molar-refractivity contribution < 1.29 is 9.84 Å². The number of aliphatic hydroxyl groups is 1. The molecule has 1 aromatic rings. The molecule has 0 aliphatic heterocycles. The molecule has 1 rings (SSSR count). The number of alkyl halides is 1. The molecule has 1 atom stereocenters. The molecule has 0 bridgehead atoms. The monoisotopic (exact) mass is 242 g/mol. The van der Waals surface area contributed by atoms with Crippen molar-refractivity contribution in [3.8, 4) is 5.75 Å². The number of hydrogen-bond donors (Lipinski definition) is 1. The van der Waals surface area contributed by atoms with E-state index in [1.807, 2.05) is 38.1 Å². The van der Waals surface area contributed by atoms with Crippen LogP contribution in [0.2, 0.25) is 0 Å². The predicted octanol–water partition coefficient (Wildman–Crippen LogP) is 3.53. The summed E-state index contributed by atoms with van der Waals surface area (Å²) in [5, 5.41) is 9.90. The van der Waals surface area contributed by atoms with Gasteiger partial charge in [0, 0.05) is 5.88 Å². The van der Waals surface area contributed by atoms with Gasteiger partial charge < -0.3 is 9.84 Å². The highest BCUT2D eigenvalue weighted by molar-refractivity contribution is 6.17. The van der Waals surface area contributed by atoms with Gasteiger partial charge in [-0.25, -0.2) is 0 Å². The number of halogens is 1. The summed E-state index contributed by atoms with van der Waals surface area (Å²) in [6.45, 7) is 3.97. The van der Waals surface area contributed by atoms with Gasteiger partial charge in [-0.2, -0.15) is 0 Å². The Morgan fingerprint density at radius 1 is 1.38 bits per heavy atom. The van der Waals surface area contributed by atoms with Crippen LogP contribution < -0.4 is 4.74 Å². The van der Waals surface area contributed by atoms with Crippen molar-refractivity contribution in [3.63, 3.8) is 0 Å². The molecule has 90 valence electrons. The maximum absolute atomic E-state index is 9.90. The molecule has 0 saturated carbocycles. The molecular formula is C13H19ClO2. The first-order chi connectivity index (χ1) is 7.63. The SMILES string of the molecule is CC(C)Oc1cccc(C(O)CCCCl)c1. The standard InChI is InChI=1S/C13H19ClO2/c1-10(2)16-12-6-3-5-11(9-12)13(15)7-4-8-14/h3,5-6,9-10,13,15H,4,7-8H2,1-2H3. The molecule has 0 aliphatic rings. The topological polar surface area (TPSA) is 29.5 Å². The van der Waals surface area contributed by atoms with Gasteiger partial charge in [0.15, 0.2) is 0 Å². The first-order valence-corrected chi connectivity index (χ1v) is 6.17. The van der Waals surface area contributed by atoms with E-state index in [0.717, 1.165) is 17.7 Å². The fourth-order valence-corrected chi connectivity index (χ4v) is 1.66. The van der Waals surface area contributed by atoms with Crippen LogP contribution >= 0.6 is 11.6 Å². The average Bonchev–Trinajstić information content (AvgIpc) is 2.25. The fourth-order valence-electron chi connectivity index (χ4n) is 1.50. The van der Waals surface area contributed by atoms with Gasteiger partial charge in [-0.15, -0.1) is 11.6 Å². The Morgan fingerprint density at radius 2 is 2.12 bits per heavy atom. The van der Waals surface area contributed by atoms with Gasteiger partial charge >= 0.3 is 0 Å². The van der Waals surface area contributed by atoms with Crippen LogP contribution in [-0.4, -0.2) is 17.1 Å². The third-order valence-electron chi connectivity index (χ3n) is 2.23. The molecule has 0 fully saturated rings. The van der Waals surface area contributed by atoms with Crippen molar-refractivity contribution in [1.29, 1.82) is 0 Å². The lowest BCUT2D eigenvalue weighted by Crippen LogP contribution is -2.06. The van der Waals surface area contributed by atoms with Crippen molar-refractivity contribution in [1.82, 2.24) is 0 Å². The third kappa shape index (κ3) is 4.42. The molecular weight excluding hydrogens is 224 g/mol. The average molecular weight is 243 g/mol. The molecule has 0 aliphatic carbocycles. The zero-order valence-corrected chi connectivity index (χ0v) is 10.6. The van der Waals surface area contributed by atoms with Gasteiger partial charge in [-0.05, 0) is 44.4 Å². The summed E-state index contributed by atoms with van der Waals surface area (Å²) in [6, 6.07) is 7.60. The molecule has 0 amide bonds. The summed E-state index contributed by atoms with van der Waals surface area (Å²) < 4.78 is 5.57. The zero-order chi connectivity index (χ0) is 12.0. The molecule has 1 N–H and O–H groups in total. The highest BCUT2D eigenvalue weighted by atomic mass is 35.5. The van der Waals surface area contributed by atoms with Gasteiger partial charge in [0.25, 0.3) is 0 Å². The van der Waals surface area contributed by atoms with Gasteiger partial charge in [-0.3, -0.25) is 0 Å². The normalized spacial score (nSPS) is 12.8. The maximum atomic E-state index is 9.90. The van der Waals surface area contributed by atoms with Crippen LogP contribution in [0.15, 0.2) is 24.3 Å². The maximum Gasteiger partial charge on any atom is 0.120 e. The summed E-state index contributed by atoms with van der Waals surface area (Å²) in [5.74, 6) is 1.39. The van der Waals surface area contributed by atoms with E-state index in [9.17, 15) is 5.11 Å². The minimum Gasteiger partial charge on any atom is -0.491 e. The molecule has 0 aromatic heterocycles. The van der Waals surface area contributed by atoms with Crippen LogP contribution in [0, 0.1) is 0 Å². The van der Waals surface area contributed by atoms with E-state index < -0.39 is 6.10 Å². The Kier molecular flexibility index (Phi) is 5.64. The molecule has 0 radical (unpaired) electrons. The molecule has 1 aromatic carbocycles. The molecule has 0 spiro atoms. The van der Waals surface area contributed by atoms with Crippen LogP contribution in [0.4, 0.5) is 0 Å². The first kappa shape index (κ1) is 13.3. The molecule has 1 unspecified atom stereocenters. The van der Waals surface area contributed by atoms with E-state index in [-0.39, 0.29) is 6.10 Å². The van der Waals surface area contributed by atoms with Crippen LogP contribution in [0.1, 0.15) is 38.4 Å². The van der Waals surface area contributed by atoms with Crippen molar-refractivity contribution in [3.05, 3.63) is 29.8 Å².